The normalized spacial score (nSPS) is 11.6. The van der Waals surface area contributed by atoms with Crippen LogP contribution >= 0.6 is 22.9 Å². The van der Waals surface area contributed by atoms with E-state index in [1.54, 1.807) is 19.1 Å². The third-order valence-corrected chi connectivity index (χ3v) is 6.18. The van der Waals surface area contributed by atoms with Crippen LogP contribution in [0, 0.1) is 6.92 Å². The number of anilines is 1. The highest BCUT2D eigenvalue weighted by atomic mass is 35.5. The Morgan fingerprint density at radius 3 is 2.88 bits per heavy atom. The number of hydrogen-bond acceptors (Lipinski definition) is 6. The zero-order valence-corrected chi connectivity index (χ0v) is 15.6. The number of benzene rings is 1. The monoisotopic (exact) mass is 389 g/mol. The second kappa shape index (κ2) is 8.77. The van der Waals surface area contributed by atoms with Crippen LogP contribution in [0.25, 0.3) is 0 Å². The maximum absolute atomic E-state index is 12.5. The van der Waals surface area contributed by atoms with Crippen LogP contribution in [0.4, 0.5) is 5.13 Å². The van der Waals surface area contributed by atoms with Gasteiger partial charge in [0.15, 0.2) is 5.13 Å². The van der Waals surface area contributed by atoms with E-state index in [-0.39, 0.29) is 11.5 Å². The number of aromatic nitrogens is 1. The molecule has 0 saturated carbocycles. The Bertz CT molecular complexity index is 778. The Kier molecular flexibility index (Phi) is 7.00. The highest BCUT2D eigenvalue weighted by molar-refractivity contribution is 7.93. The number of nitrogens with zero attached hydrogens (tertiary/aromatic N) is 1. The van der Waals surface area contributed by atoms with E-state index in [9.17, 15) is 8.42 Å². The van der Waals surface area contributed by atoms with E-state index in [4.69, 9.17) is 16.7 Å². The lowest BCUT2D eigenvalue weighted by Crippen LogP contribution is -2.19. The van der Waals surface area contributed by atoms with E-state index in [0.717, 1.165) is 25.1 Å². The molecule has 1 aromatic carbocycles. The highest BCUT2D eigenvalue weighted by Crippen LogP contribution is 2.26. The lowest BCUT2D eigenvalue weighted by atomic mass is 10.2. The van der Waals surface area contributed by atoms with Gasteiger partial charge in [-0.25, -0.2) is 13.4 Å². The zero-order chi connectivity index (χ0) is 17.6. The molecule has 9 heteroatoms. The molecule has 6 nitrogen and oxygen atoms in total. The molecule has 0 amide bonds. The number of aliphatic hydroxyl groups is 1. The van der Waals surface area contributed by atoms with Crippen molar-refractivity contribution >= 4 is 38.1 Å². The van der Waals surface area contributed by atoms with Gasteiger partial charge >= 0.3 is 0 Å². The molecule has 0 atom stereocenters. The van der Waals surface area contributed by atoms with E-state index in [0.29, 0.717) is 22.3 Å². The predicted molar refractivity (Wildman–Crippen MR) is 97.4 cm³/mol. The predicted octanol–water partition coefficient (Wildman–Crippen LogP) is 2.42. The Hall–Kier alpha value is -1.19. The van der Waals surface area contributed by atoms with Gasteiger partial charge in [0.05, 0.1) is 17.2 Å². The molecule has 0 bridgehead atoms. The van der Waals surface area contributed by atoms with Crippen molar-refractivity contribution in [3.05, 3.63) is 39.9 Å². The van der Waals surface area contributed by atoms with Crippen LogP contribution in [0.5, 0.6) is 0 Å². The highest BCUT2D eigenvalue weighted by Gasteiger charge is 2.19. The van der Waals surface area contributed by atoms with Gasteiger partial charge in [-0.1, -0.05) is 17.7 Å². The van der Waals surface area contributed by atoms with Gasteiger partial charge in [-0.05, 0) is 44.0 Å². The van der Waals surface area contributed by atoms with Gasteiger partial charge in [-0.2, -0.15) is 0 Å². The summed E-state index contributed by atoms with van der Waals surface area (Å²) in [5.74, 6) is 0. The molecule has 3 N–H and O–H groups in total. The van der Waals surface area contributed by atoms with Crippen molar-refractivity contribution in [2.75, 3.05) is 24.4 Å². The smallest absolute Gasteiger partial charge is 0.263 e. The first-order valence-electron chi connectivity index (χ1n) is 7.48. The van der Waals surface area contributed by atoms with Crippen molar-refractivity contribution in [2.45, 2.75) is 24.7 Å². The summed E-state index contributed by atoms with van der Waals surface area (Å²) in [4.78, 5) is 4.46. The van der Waals surface area contributed by atoms with E-state index in [1.165, 1.54) is 17.4 Å². The molecule has 0 unspecified atom stereocenters. The van der Waals surface area contributed by atoms with Gasteiger partial charge < -0.3 is 10.4 Å². The van der Waals surface area contributed by atoms with Crippen LogP contribution in [-0.2, 0) is 16.4 Å². The van der Waals surface area contributed by atoms with E-state index in [2.05, 4.69) is 15.0 Å². The van der Waals surface area contributed by atoms with Crippen molar-refractivity contribution in [2.24, 2.45) is 0 Å². The van der Waals surface area contributed by atoms with Crippen molar-refractivity contribution < 1.29 is 13.5 Å². The standard InChI is InChI=1S/C15H20ClN3O3S2/c1-11-13(16)5-2-6-14(11)24(21,22)19-15-18-12(10-23-15)4-3-7-17-8-9-20/h2,5-6,10,17,20H,3-4,7-9H2,1H3,(H,18,19). The van der Waals surface area contributed by atoms with E-state index in [1.807, 2.05) is 5.38 Å². The summed E-state index contributed by atoms with van der Waals surface area (Å²) in [5.41, 5.74) is 1.35. The molecule has 132 valence electrons. The second-order valence-electron chi connectivity index (χ2n) is 5.19. The molecule has 2 aromatic rings. The summed E-state index contributed by atoms with van der Waals surface area (Å²) >= 11 is 7.25. The number of sulfonamides is 1. The zero-order valence-electron chi connectivity index (χ0n) is 13.3. The van der Waals surface area contributed by atoms with Crippen LogP contribution in [0.2, 0.25) is 5.02 Å². The van der Waals surface area contributed by atoms with Gasteiger partial charge in [0.2, 0.25) is 0 Å². The number of thiazole rings is 1. The van der Waals surface area contributed by atoms with Crippen LogP contribution < -0.4 is 10.0 Å². The minimum Gasteiger partial charge on any atom is -0.395 e. The Labute approximate surface area is 150 Å². The van der Waals surface area contributed by atoms with Gasteiger partial charge in [0.1, 0.15) is 0 Å². The molecule has 1 heterocycles. The molecule has 0 spiro atoms. The van der Waals surface area contributed by atoms with Gasteiger partial charge in [-0.15, -0.1) is 11.3 Å². The maximum Gasteiger partial charge on any atom is 0.263 e. The fraction of sp³-hybridized carbons (Fsp3) is 0.400. The Morgan fingerprint density at radius 2 is 2.12 bits per heavy atom. The first kappa shape index (κ1) is 19.1. The lowest BCUT2D eigenvalue weighted by molar-refractivity contribution is 0.292. The van der Waals surface area contributed by atoms with Gasteiger partial charge in [0.25, 0.3) is 10.0 Å². The minimum absolute atomic E-state index is 0.117. The van der Waals surface area contributed by atoms with Crippen molar-refractivity contribution in [3.8, 4) is 0 Å². The molecule has 0 aliphatic rings. The van der Waals surface area contributed by atoms with Gasteiger partial charge in [-0.3, -0.25) is 4.72 Å². The van der Waals surface area contributed by atoms with Crippen LogP contribution in [0.3, 0.4) is 0 Å². The topological polar surface area (TPSA) is 91.3 Å². The first-order valence-corrected chi connectivity index (χ1v) is 10.2. The molecule has 2 rings (SSSR count). The number of aryl methyl sites for hydroxylation is 1. The lowest BCUT2D eigenvalue weighted by Gasteiger charge is -2.09. The molecular formula is C15H20ClN3O3S2. The summed E-state index contributed by atoms with van der Waals surface area (Å²) in [5, 5.41) is 14.4. The number of hydrogen-bond donors (Lipinski definition) is 3. The Morgan fingerprint density at radius 1 is 1.33 bits per heavy atom. The first-order chi connectivity index (χ1) is 11.4. The SMILES string of the molecule is Cc1c(Cl)cccc1S(=O)(=O)Nc1nc(CCCNCCO)cs1. The van der Waals surface area contributed by atoms with Crippen molar-refractivity contribution in [3.63, 3.8) is 0 Å². The molecule has 0 aliphatic heterocycles. The van der Waals surface area contributed by atoms with Gasteiger partial charge in [0, 0.05) is 16.9 Å². The molecule has 0 radical (unpaired) electrons. The molecule has 0 aliphatic carbocycles. The van der Waals surface area contributed by atoms with Crippen LogP contribution in [0.1, 0.15) is 17.7 Å². The number of halogens is 1. The summed E-state index contributed by atoms with van der Waals surface area (Å²) < 4.78 is 27.5. The largest absolute Gasteiger partial charge is 0.395 e. The molecule has 0 fully saturated rings. The molecule has 0 saturated heterocycles. The van der Waals surface area contributed by atoms with Crippen LogP contribution in [0.15, 0.2) is 28.5 Å². The maximum atomic E-state index is 12.5. The molecule has 24 heavy (non-hydrogen) atoms. The fourth-order valence-electron chi connectivity index (χ4n) is 2.12. The fourth-order valence-corrected chi connectivity index (χ4v) is 4.61. The molecule has 1 aromatic heterocycles. The van der Waals surface area contributed by atoms with Crippen molar-refractivity contribution in [1.29, 1.82) is 0 Å². The van der Waals surface area contributed by atoms with E-state index >= 15 is 0 Å². The minimum atomic E-state index is -3.71. The van der Waals surface area contributed by atoms with Crippen LogP contribution in [-0.4, -0.2) is 38.2 Å². The summed E-state index contributed by atoms with van der Waals surface area (Å²) in [6.45, 7) is 3.14. The summed E-state index contributed by atoms with van der Waals surface area (Å²) in [7, 11) is -3.71. The van der Waals surface area contributed by atoms with Crippen molar-refractivity contribution in [1.82, 2.24) is 10.3 Å². The molecular weight excluding hydrogens is 370 g/mol. The summed E-state index contributed by atoms with van der Waals surface area (Å²) in [6.07, 6.45) is 1.61. The number of aliphatic hydroxyl groups excluding tert-OH is 1. The van der Waals surface area contributed by atoms with E-state index < -0.39 is 10.0 Å². The third kappa shape index (κ3) is 5.15. The number of rotatable bonds is 9. The average Bonchev–Trinajstić information content (AvgIpc) is 2.96. The average molecular weight is 390 g/mol. The third-order valence-electron chi connectivity index (χ3n) is 3.36. The second-order valence-corrected chi connectivity index (χ2v) is 8.11. The summed E-state index contributed by atoms with van der Waals surface area (Å²) in [6, 6.07) is 4.78. The Balaban J connectivity index is 1.99. The number of nitrogens with one attached hydrogen (secondary N) is 2. The quantitative estimate of drug-likeness (QED) is 0.573.